The van der Waals surface area contributed by atoms with Gasteiger partial charge in [-0.3, -0.25) is 0 Å². The largest absolute Gasteiger partial charge is 0.378 e. The van der Waals surface area contributed by atoms with E-state index in [9.17, 15) is 0 Å². The summed E-state index contributed by atoms with van der Waals surface area (Å²) in [5.41, 5.74) is 6.07. The monoisotopic (exact) mass is 171 g/mol. The van der Waals surface area contributed by atoms with Gasteiger partial charge in [-0.25, -0.2) is 0 Å². The van der Waals surface area contributed by atoms with Crippen LogP contribution in [0.4, 0.5) is 0 Å². The molecule has 0 aromatic heterocycles. The van der Waals surface area contributed by atoms with Crippen molar-refractivity contribution in [2.24, 2.45) is 23.0 Å². The molecule has 0 aromatic rings. The lowest BCUT2D eigenvalue weighted by Crippen LogP contribution is -2.09. The van der Waals surface area contributed by atoms with Gasteiger partial charge < -0.3 is 10.5 Å². The molecule has 1 aliphatic rings. The van der Waals surface area contributed by atoms with Crippen LogP contribution in [-0.2, 0) is 4.74 Å². The van der Waals surface area contributed by atoms with Crippen molar-refractivity contribution >= 4 is 0 Å². The van der Waals surface area contributed by atoms with Crippen LogP contribution in [0.1, 0.15) is 27.7 Å². The van der Waals surface area contributed by atoms with Gasteiger partial charge in [-0.1, -0.05) is 13.8 Å². The van der Waals surface area contributed by atoms with Crippen LogP contribution >= 0.6 is 0 Å². The predicted molar refractivity (Wildman–Crippen MR) is 50.9 cm³/mol. The van der Waals surface area contributed by atoms with E-state index in [1.165, 1.54) is 0 Å². The minimum atomic E-state index is 0.347. The van der Waals surface area contributed by atoms with Gasteiger partial charge in [0.15, 0.2) is 0 Å². The van der Waals surface area contributed by atoms with E-state index in [-0.39, 0.29) is 0 Å². The Bertz CT molecular complexity index is 154. The Morgan fingerprint density at radius 2 is 1.92 bits per heavy atom. The second-order valence-electron chi connectivity index (χ2n) is 4.65. The molecular weight excluding hydrogens is 150 g/mol. The van der Waals surface area contributed by atoms with Crippen molar-refractivity contribution in [2.45, 2.75) is 33.8 Å². The molecule has 0 radical (unpaired) electrons. The van der Waals surface area contributed by atoms with Gasteiger partial charge in [-0.05, 0) is 37.6 Å². The van der Waals surface area contributed by atoms with Crippen LogP contribution in [0.5, 0.6) is 0 Å². The fourth-order valence-corrected chi connectivity index (χ4v) is 1.95. The summed E-state index contributed by atoms with van der Waals surface area (Å²) in [4.78, 5) is 0. The lowest BCUT2D eigenvalue weighted by Gasteiger charge is -2.07. The maximum absolute atomic E-state index is 5.65. The van der Waals surface area contributed by atoms with Crippen LogP contribution in [0.3, 0.4) is 0 Å². The normalized spacial score (nSPS) is 32.5. The number of hydrogen-bond acceptors (Lipinski definition) is 2. The molecule has 2 unspecified atom stereocenters. The van der Waals surface area contributed by atoms with E-state index >= 15 is 0 Å². The average Bonchev–Trinajstić information content (AvgIpc) is 2.48. The average molecular weight is 171 g/mol. The van der Waals surface area contributed by atoms with Crippen LogP contribution < -0.4 is 5.73 Å². The molecule has 0 aliphatic heterocycles. The minimum Gasteiger partial charge on any atom is -0.378 e. The summed E-state index contributed by atoms with van der Waals surface area (Å²) in [6.07, 6.45) is 0.347. The molecule has 0 heterocycles. The first-order valence-corrected chi connectivity index (χ1v) is 4.81. The van der Waals surface area contributed by atoms with Crippen molar-refractivity contribution in [2.75, 3.05) is 13.2 Å². The minimum absolute atomic E-state index is 0.347. The molecule has 1 fully saturated rings. The molecule has 2 nitrogen and oxygen atoms in total. The number of hydrogen-bond donors (Lipinski definition) is 1. The number of nitrogens with two attached hydrogens (primary N) is 1. The highest BCUT2D eigenvalue weighted by atomic mass is 16.5. The highest BCUT2D eigenvalue weighted by Crippen LogP contribution is 2.57. The van der Waals surface area contributed by atoms with Crippen molar-refractivity contribution in [1.29, 1.82) is 0 Å². The summed E-state index contributed by atoms with van der Waals surface area (Å²) in [5, 5.41) is 0. The molecule has 1 aliphatic carbocycles. The summed E-state index contributed by atoms with van der Waals surface area (Å²) in [5.74, 6) is 1.36. The van der Waals surface area contributed by atoms with E-state index in [4.69, 9.17) is 10.5 Å². The molecule has 0 bridgehead atoms. The van der Waals surface area contributed by atoms with Gasteiger partial charge in [-0.2, -0.15) is 0 Å². The highest BCUT2D eigenvalue weighted by Gasteiger charge is 2.56. The van der Waals surface area contributed by atoms with Crippen molar-refractivity contribution in [3.05, 3.63) is 0 Å². The topological polar surface area (TPSA) is 35.2 Å². The molecule has 1 rings (SSSR count). The van der Waals surface area contributed by atoms with Gasteiger partial charge in [0.25, 0.3) is 0 Å². The summed E-state index contributed by atoms with van der Waals surface area (Å²) in [6.45, 7) is 10.4. The molecule has 2 heteroatoms. The van der Waals surface area contributed by atoms with Gasteiger partial charge in [0, 0.05) is 0 Å². The zero-order valence-corrected chi connectivity index (χ0v) is 8.63. The molecule has 0 saturated heterocycles. The second kappa shape index (κ2) is 3.35. The third-order valence-corrected chi connectivity index (χ3v) is 3.15. The number of ether oxygens (including phenoxy) is 1. The Labute approximate surface area is 75.5 Å². The number of rotatable bonds is 4. The maximum Gasteiger partial charge on any atom is 0.0519 e. The Hall–Kier alpha value is -0.0800. The van der Waals surface area contributed by atoms with Crippen molar-refractivity contribution in [3.63, 3.8) is 0 Å². The van der Waals surface area contributed by atoms with Gasteiger partial charge in [-0.15, -0.1) is 0 Å². The fraction of sp³-hybridized carbons (Fsp3) is 1.00. The third-order valence-electron chi connectivity index (χ3n) is 3.15. The van der Waals surface area contributed by atoms with E-state index in [1.807, 2.05) is 0 Å². The van der Waals surface area contributed by atoms with Crippen LogP contribution in [0, 0.1) is 17.3 Å². The van der Waals surface area contributed by atoms with E-state index in [1.54, 1.807) is 0 Å². The van der Waals surface area contributed by atoms with Crippen molar-refractivity contribution < 1.29 is 4.74 Å². The standard InChI is InChI=1S/C10H21NO/c1-7(2)12-6-9-8(5-11)10(9,3)4/h7-9H,5-6,11H2,1-4H3. The second-order valence-corrected chi connectivity index (χ2v) is 4.65. The molecule has 12 heavy (non-hydrogen) atoms. The maximum atomic E-state index is 5.65. The first-order chi connectivity index (χ1) is 5.50. The Balaban J connectivity index is 2.28. The van der Waals surface area contributed by atoms with E-state index < -0.39 is 0 Å². The Morgan fingerprint density at radius 3 is 2.25 bits per heavy atom. The van der Waals surface area contributed by atoms with Gasteiger partial charge >= 0.3 is 0 Å². The SMILES string of the molecule is CC(C)OCC1C(CN)C1(C)C. The summed E-state index contributed by atoms with van der Waals surface area (Å²) < 4.78 is 5.58. The van der Waals surface area contributed by atoms with Gasteiger partial charge in [0.05, 0.1) is 12.7 Å². The smallest absolute Gasteiger partial charge is 0.0519 e. The summed E-state index contributed by atoms with van der Waals surface area (Å²) >= 11 is 0. The first-order valence-electron chi connectivity index (χ1n) is 4.81. The molecule has 2 atom stereocenters. The van der Waals surface area contributed by atoms with E-state index in [2.05, 4.69) is 27.7 Å². The van der Waals surface area contributed by atoms with E-state index in [0.717, 1.165) is 13.2 Å². The fourth-order valence-electron chi connectivity index (χ4n) is 1.95. The lowest BCUT2D eigenvalue weighted by atomic mass is 10.1. The molecule has 72 valence electrons. The molecule has 2 N–H and O–H groups in total. The van der Waals surface area contributed by atoms with E-state index in [0.29, 0.717) is 23.4 Å². The highest BCUT2D eigenvalue weighted by molar-refractivity contribution is 5.05. The molecular formula is C10H21NO. The zero-order valence-electron chi connectivity index (χ0n) is 8.63. The van der Waals surface area contributed by atoms with Crippen LogP contribution in [-0.4, -0.2) is 19.3 Å². The molecule has 0 aromatic carbocycles. The lowest BCUT2D eigenvalue weighted by molar-refractivity contribution is 0.0634. The van der Waals surface area contributed by atoms with Crippen molar-refractivity contribution in [3.8, 4) is 0 Å². The zero-order chi connectivity index (χ0) is 9.35. The first kappa shape index (κ1) is 10.0. The van der Waals surface area contributed by atoms with Crippen LogP contribution in [0.2, 0.25) is 0 Å². The summed E-state index contributed by atoms with van der Waals surface area (Å²) in [6, 6.07) is 0. The van der Waals surface area contributed by atoms with Crippen LogP contribution in [0.25, 0.3) is 0 Å². The Morgan fingerprint density at radius 1 is 1.33 bits per heavy atom. The van der Waals surface area contributed by atoms with Gasteiger partial charge in [0.2, 0.25) is 0 Å². The third kappa shape index (κ3) is 1.80. The summed E-state index contributed by atoms with van der Waals surface area (Å²) in [7, 11) is 0. The quantitative estimate of drug-likeness (QED) is 0.698. The predicted octanol–water partition coefficient (Wildman–Crippen LogP) is 1.64. The molecule has 0 spiro atoms. The Kier molecular flexibility index (Phi) is 2.79. The van der Waals surface area contributed by atoms with Gasteiger partial charge in [0.1, 0.15) is 0 Å². The molecule has 0 amide bonds. The molecule has 1 saturated carbocycles. The van der Waals surface area contributed by atoms with Crippen molar-refractivity contribution in [1.82, 2.24) is 0 Å². The van der Waals surface area contributed by atoms with Crippen LogP contribution in [0.15, 0.2) is 0 Å².